The molecule has 0 bridgehead atoms. The number of unbranched alkanes of at least 4 members (excludes halogenated alkanes) is 2. The Bertz CT molecular complexity index is 1950. The summed E-state index contributed by atoms with van der Waals surface area (Å²) in [7, 11) is 1.64. The Morgan fingerprint density at radius 1 is 0.746 bits per heavy atom. The van der Waals surface area contributed by atoms with E-state index in [1.54, 1.807) is 7.05 Å². The van der Waals surface area contributed by atoms with Gasteiger partial charge in [-0.2, -0.15) is 32.9 Å². The molecule has 2 aromatic carbocycles. The summed E-state index contributed by atoms with van der Waals surface area (Å²) in [4.78, 5) is 51.8. The molecule has 350 valence electrons. The van der Waals surface area contributed by atoms with Crippen LogP contribution in [0, 0.1) is 0 Å². The molecule has 17 N–H and O–H groups in total. The van der Waals surface area contributed by atoms with Crippen LogP contribution in [0.1, 0.15) is 64.2 Å². The maximum Gasteiger partial charge on any atom is 0.416 e. The number of phenols is 1. The van der Waals surface area contributed by atoms with Gasteiger partial charge >= 0.3 is 12.4 Å². The summed E-state index contributed by atoms with van der Waals surface area (Å²) in [6.45, 7) is 2.10. The van der Waals surface area contributed by atoms with E-state index in [1.165, 1.54) is 0 Å². The van der Waals surface area contributed by atoms with Gasteiger partial charge in [0, 0.05) is 57.0 Å². The van der Waals surface area contributed by atoms with E-state index in [9.17, 15) is 45.8 Å². The van der Waals surface area contributed by atoms with Crippen molar-refractivity contribution >= 4 is 64.5 Å². The summed E-state index contributed by atoms with van der Waals surface area (Å²) in [5.74, 6) is -2.89. The van der Waals surface area contributed by atoms with Crippen molar-refractivity contribution < 1.29 is 66.9 Å². The van der Waals surface area contributed by atoms with Gasteiger partial charge in [0.15, 0.2) is 11.9 Å². The number of nitrogens with two attached hydrogens (primary N) is 6. The molecule has 18 nitrogen and oxygen atoms in total. The molecule has 63 heavy (non-hydrogen) atoms. The molecule has 0 atom stereocenters. The second-order valence-corrected chi connectivity index (χ2v) is 14.5. The summed E-state index contributed by atoms with van der Waals surface area (Å²) in [6, 6.07) is 4.63. The van der Waals surface area contributed by atoms with Crippen LogP contribution in [0.15, 0.2) is 62.5 Å². The predicted molar refractivity (Wildman–Crippen MR) is 230 cm³/mol. The number of phenolic OH excluding ortho intramolecular Hbond substituents is 1. The largest absolute Gasteiger partial charge is 0.677 e. The summed E-state index contributed by atoms with van der Waals surface area (Å²) in [6.07, 6.45) is -4.42. The zero-order valence-corrected chi connectivity index (χ0v) is 38.5. The van der Waals surface area contributed by atoms with Crippen molar-refractivity contribution in [1.82, 2.24) is 15.3 Å². The van der Waals surface area contributed by atoms with Gasteiger partial charge in [0.05, 0.1) is 40.5 Å². The van der Waals surface area contributed by atoms with Crippen LogP contribution >= 0.6 is 23.5 Å². The fraction of sp³-hybridized carbons (Fsp3) is 0.417. The number of hydrogen-bond donors (Lipinski definition) is 10. The van der Waals surface area contributed by atoms with Crippen LogP contribution in [0.4, 0.5) is 37.7 Å². The molecule has 0 saturated carbocycles. The van der Waals surface area contributed by atoms with Crippen molar-refractivity contribution in [3.05, 3.63) is 71.0 Å². The number of alkyl halides is 6. The smallest absolute Gasteiger partial charge is 0.416 e. The second-order valence-electron chi connectivity index (χ2n) is 12.3. The van der Waals surface area contributed by atoms with Crippen molar-refractivity contribution in [2.75, 3.05) is 61.9 Å². The van der Waals surface area contributed by atoms with E-state index in [0.717, 1.165) is 80.3 Å². The van der Waals surface area contributed by atoms with Crippen LogP contribution in [-0.4, -0.2) is 96.0 Å². The number of amides is 3. The molecule has 0 aliphatic carbocycles. The van der Waals surface area contributed by atoms with Crippen molar-refractivity contribution in [2.45, 2.75) is 54.2 Å². The summed E-state index contributed by atoms with van der Waals surface area (Å²) < 4.78 is 80.7. The molecule has 1 aromatic heterocycles. The van der Waals surface area contributed by atoms with Gasteiger partial charge in [-0.1, -0.05) is 6.42 Å². The number of carbonyl (C=O) groups excluding carboxylic acids is 3. The van der Waals surface area contributed by atoms with E-state index in [-0.39, 0.29) is 79.0 Å². The first-order valence-corrected chi connectivity index (χ1v) is 20.4. The van der Waals surface area contributed by atoms with Crippen molar-refractivity contribution in [3.8, 4) is 5.75 Å². The van der Waals surface area contributed by atoms with Crippen molar-refractivity contribution in [1.29, 1.82) is 0 Å². The molecule has 3 rings (SSSR count). The second kappa shape index (κ2) is 30.2. The first kappa shape index (κ1) is 58.1. The quantitative estimate of drug-likeness (QED) is 0.0266. The number of aromatic nitrogens is 2. The number of benzene rings is 2. The minimum absolute atomic E-state index is 0. The summed E-state index contributed by atoms with van der Waals surface area (Å²) >= 11 is 1.89. The number of hydrogen-bond acceptors (Lipinski definition) is 12. The first-order valence-electron chi connectivity index (χ1n) is 18.4. The molecule has 3 aromatic rings. The standard InChI is InChI=1S/C26H26F6N10O3S2.C6H14N2O.C4H11N2.W/c27-25(28,29)12-1-2-19(46-5-3-37-23(33)34)14(7-12)41-21(44)16-10-17(40-11-39-16)22(45)42-15-8-13(26(30,31)32)9-18(43)20(15)47-6-4-38-24(35)36;1-8-6(9)4-2-3-5-7;5-3-1-2-4-6;/h1-2,7-11,43H,3-6H2,(H,41,44)(H,42,45)(H4,33,34,37)(H4,35,36,38);2-5,7H2,1H3,(H,8,9);5H,1-4,6H2;/q;;-1;. The molecule has 0 aliphatic heterocycles. The molecule has 3 amide bonds. The number of anilines is 2. The summed E-state index contributed by atoms with van der Waals surface area (Å²) in [5.41, 5.74) is 34.1. The number of nitrogens with one attached hydrogen (secondary N) is 4. The third-order valence-corrected chi connectivity index (χ3v) is 9.53. The van der Waals surface area contributed by atoms with Crippen LogP contribution in [0.3, 0.4) is 0 Å². The first-order chi connectivity index (χ1) is 29.2. The van der Waals surface area contributed by atoms with Gasteiger partial charge in [0.1, 0.15) is 23.5 Å². The molecule has 0 saturated heterocycles. The van der Waals surface area contributed by atoms with E-state index < -0.39 is 58.1 Å². The van der Waals surface area contributed by atoms with Crippen molar-refractivity contribution in [3.63, 3.8) is 0 Å². The average Bonchev–Trinajstić information content (AvgIpc) is 3.20. The Hall–Kier alpha value is -4.88. The molecule has 1 heterocycles. The van der Waals surface area contributed by atoms with E-state index >= 15 is 0 Å². The number of halogens is 6. The SMILES string of the molecule is CNC(=O)CCCCN.NC(N)=NCCSc1ccc(C(F)(F)F)cc1NC(=O)c1cc(C(=O)Nc2cc(C(F)(F)F)cc(O)c2SCCN=C(N)N)ncn1.[NH-]CCCCN.[W]. The van der Waals surface area contributed by atoms with Crippen LogP contribution < -0.4 is 50.4 Å². The zero-order valence-electron chi connectivity index (χ0n) is 33.9. The van der Waals surface area contributed by atoms with E-state index in [2.05, 4.69) is 35.9 Å². The molecule has 0 fully saturated rings. The van der Waals surface area contributed by atoms with E-state index in [4.69, 9.17) is 40.1 Å². The van der Waals surface area contributed by atoms with Crippen LogP contribution in [-0.2, 0) is 38.2 Å². The Morgan fingerprint density at radius 2 is 1.25 bits per heavy atom. The Balaban J connectivity index is 0.00000204. The van der Waals surface area contributed by atoms with Crippen LogP contribution in [0.25, 0.3) is 5.73 Å². The third kappa shape index (κ3) is 23.4. The topological polar surface area (TPSA) is 338 Å². The fourth-order valence-corrected chi connectivity index (χ4v) is 6.10. The van der Waals surface area contributed by atoms with Gasteiger partial charge in [0.2, 0.25) is 5.91 Å². The fourth-order valence-electron chi connectivity index (χ4n) is 4.41. The maximum atomic E-state index is 13.5. The zero-order chi connectivity index (χ0) is 46.9. The summed E-state index contributed by atoms with van der Waals surface area (Å²) in [5, 5.41) is 17.4. The Labute approximate surface area is 382 Å². The van der Waals surface area contributed by atoms with Gasteiger partial charge in [0.25, 0.3) is 11.8 Å². The minimum atomic E-state index is -4.88. The Morgan fingerprint density at radius 3 is 1.73 bits per heavy atom. The Kier molecular flexibility index (Phi) is 27.9. The number of carbonyl (C=O) groups is 3. The number of rotatable bonds is 19. The van der Waals surface area contributed by atoms with Gasteiger partial charge in [-0.05, 0) is 62.7 Å². The van der Waals surface area contributed by atoms with Gasteiger partial charge < -0.3 is 61.2 Å². The number of guanidine groups is 2. The van der Waals surface area contributed by atoms with Crippen LogP contribution in [0.5, 0.6) is 5.75 Å². The molecule has 27 heteroatoms. The minimum Gasteiger partial charge on any atom is -0.677 e. The maximum absolute atomic E-state index is 13.5. The van der Waals surface area contributed by atoms with Crippen molar-refractivity contribution in [2.24, 2.45) is 44.4 Å². The molecule has 0 aliphatic rings. The van der Waals surface area contributed by atoms with E-state index in [0.29, 0.717) is 37.7 Å². The predicted octanol–water partition coefficient (Wildman–Crippen LogP) is 4.09. The average molecular weight is 1110 g/mol. The molecular formula is C36H51F6N14O4S2W-. The molecular weight excluding hydrogens is 1050 g/mol. The van der Waals surface area contributed by atoms with E-state index in [1.807, 2.05) is 0 Å². The normalized spacial score (nSPS) is 10.7. The number of aliphatic imine (C=N–C) groups is 2. The molecule has 0 radical (unpaired) electrons. The van der Waals surface area contributed by atoms with Gasteiger partial charge in [-0.15, -0.1) is 23.5 Å². The molecule has 0 unspecified atom stereocenters. The number of nitrogens with zero attached hydrogens (tertiary/aromatic N) is 4. The van der Waals surface area contributed by atoms with Gasteiger partial charge in [-0.25, -0.2) is 9.97 Å². The van der Waals surface area contributed by atoms with Gasteiger partial charge in [-0.3, -0.25) is 24.4 Å². The van der Waals surface area contributed by atoms with Crippen LogP contribution in [0.2, 0.25) is 0 Å². The third-order valence-electron chi connectivity index (χ3n) is 7.38. The monoisotopic (exact) mass is 1110 g/mol. The number of aromatic hydroxyl groups is 1. The number of thioether (sulfide) groups is 2. The molecule has 0 spiro atoms.